The maximum atomic E-state index is 5.93. The second-order valence-electron chi connectivity index (χ2n) is 3.20. The first-order chi connectivity index (χ1) is 6.83. The normalized spacial score (nSPS) is 13.3. The summed E-state index contributed by atoms with van der Waals surface area (Å²) in [6.07, 6.45) is 3.64. The lowest BCUT2D eigenvalue weighted by Gasteiger charge is -2.10. The maximum absolute atomic E-state index is 5.93. The summed E-state index contributed by atoms with van der Waals surface area (Å²) < 4.78 is 5.01. The van der Waals surface area contributed by atoms with Gasteiger partial charge in [-0.1, -0.05) is 0 Å². The molecule has 2 heterocycles. The lowest BCUT2D eigenvalue weighted by atomic mass is 10.1. The van der Waals surface area contributed by atoms with Crippen molar-refractivity contribution in [1.82, 2.24) is 9.97 Å². The number of aromatic nitrogens is 2. The van der Waals surface area contributed by atoms with E-state index in [4.69, 9.17) is 10.5 Å². The summed E-state index contributed by atoms with van der Waals surface area (Å²) in [7, 11) is 1.64. The Morgan fingerprint density at radius 1 is 1.57 bits per heavy atom. The first-order valence-corrected chi connectivity index (χ1v) is 4.49. The van der Waals surface area contributed by atoms with E-state index in [9.17, 15) is 0 Å². The second kappa shape index (κ2) is 3.77. The molecule has 2 aromatic rings. The lowest BCUT2D eigenvalue weighted by molar-refractivity contribution is 0.180. The summed E-state index contributed by atoms with van der Waals surface area (Å²) in [5, 5.41) is 1.07. The van der Waals surface area contributed by atoms with E-state index in [-0.39, 0.29) is 6.04 Å². The molecule has 4 nitrogen and oxygen atoms in total. The number of rotatable bonds is 3. The summed E-state index contributed by atoms with van der Waals surface area (Å²) in [6.45, 7) is 0.483. The number of methoxy groups -OCH3 is 1. The molecule has 0 bridgehead atoms. The minimum absolute atomic E-state index is 0.167. The highest BCUT2D eigenvalue weighted by Crippen LogP contribution is 2.19. The number of nitrogens with two attached hydrogens (primary N) is 1. The van der Waals surface area contributed by atoms with Crippen molar-refractivity contribution in [2.75, 3.05) is 13.7 Å². The molecule has 0 saturated heterocycles. The van der Waals surface area contributed by atoms with Crippen molar-refractivity contribution >= 4 is 10.9 Å². The summed E-state index contributed by atoms with van der Waals surface area (Å²) in [6, 6.07) is 3.74. The van der Waals surface area contributed by atoms with Gasteiger partial charge in [0.05, 0.1) is 18.3 Å². The molecule has 0 saturated carbocycles. The fourth-order valence-corrected chi connectivity index (χ4v) is 1.56. The van der Waals surface area contributed by atoms with Crippen LogP contribution in [0.15, 0.2) is 24.5 Å². The summed E-state index contributed by atoms with van der Waals surface area (Å²) in [4.78, 5) is 7.39. The van der Waals surface area contributed by atoms with Gasteiger partial charge in [-0.15, -0.1) is 0 Å². The Morgan fingerprint density at radius 3 is 3.21 bits per heavy atom. The first kappa shape index (κ1) is 9.18. The molecule has 0 amide bonds. The molecule has 0 aliphatic heterocycles. The zero-order valence-electron chi connectivity index (χ0n) is 8.03. The van der Waals surface area contributed by atoms with Crippen molar-refractivity contribution in [2.45, 2.75) is 6.04 Å². The molecule has 14 heavy (non-hydrogen) atoms. The number of hydrogen-bond donors (Lipinski definition) is 2. The molecule has 1 unspecified atom stereocenters. The zero-order valence-corrected chi connectivity index (χ0v) is 8.03. The van der Waals surface area contributed by atoms with Crippen LogP contribution in [0, 0.1) is 0 Å². The monoisotopic (exact) mass is 191 g/mol. The Bertz CT molecular complexity index is 424. The highest BCUT2D eigenvalue weighted by molar-refractivity contribution is 5.81. The number of aromatic amines is 1. The van der Waals surface area contributed by atoms with E-state index in [0.717, 1.165) is 16.6 Å². The van der Waals surface area contributed by atoms with Crippen LogP contribution in [-0.4, -0.2) is 23.7 Å². The van der Waals surface area contributed by atoms with Gasteiger partial charge in [0, 0.05) is 30.4 Å². The second-order valence-corrected chi connectivity index (χ2v) is 3.20. The number of ether oxygens (including phenoxy) is 1. The number of nitrogens with one attached hydrogen (secondary N) is 1. The van der Waals surface area contributed by atoms with Crippen molar-refractivity contribution in [1.29, 1.82) is 0 Å². The molecule has 0 radical (unpaired) electrons. The summed E-state index contributed by atoms with van der Waals surface area (Å²) >= 11 is 0. The van der Waals surface area contributed by atoms with Crippen molar-refractivity contribution in [3.63, 3.8) is 0 Å². The molecule has 0 aromatic carbocycles. The van der Waals surface area contributed by atoms with E-state index < -0.39 is 0 Å². The predicted octanol–water partition coefficient (Wildman–Crippen LogP) is 1.21. The van der Waals surface area contributed by atoms with Gasteiger partial charge in [-0.25, -0.2) is 0 Å². The average molecular weight is 191 g/mol. The third-order valence-electron chi connectivity index (χ3n) is 2.21. The number of pyridine rings is 1. The molecule has 3 N–H and O–H groups in total. The molecule has 74 valence electrons. The molecular weight excluding hydrogens is 178 g/mol. The fourth-order valence-electron chi connectivity index (χ4n) is 1.56. The molecule has 1 atom stereocenters. The fraction of sp³-hybridized carbons (Fsp3) is 0.300. The third kappa shape index (κ3) is 1.49. The van der Waals surface area contributed by atoms with Gasteiger partial charge < -0.3 is 15.5 Å². The van der Waals surface area contributed by atoms with Gasteiger partial charge in [0.15, 0.2) is 0 Å². The molecule has 0 spiro atoms. The smallest absolute Gasteiger partial charge is 0.0714 e. The van der Waals surface area contributed by atoms with Gasteiger partial charge >= 0.3 is 0 Å². The Hall–Kier alpha value is -1.39. The third-order valence-corrected chi connectivity index (χ3v) is 2.21. The number of H-pyrrole nitrogens is 1. The highest BCUT2D eigenvalue weighted by atomic mass is 16.5. The van der Waals surface area contributed by atoms with E-state index in [0.29, 0.717) is 6.61 Å². The highest BCUT2D eigenvalue weighted by Gasteiger charge is 2.11. The van der Waals surface area contributed by atoms with Crippen LogP contribution in [-0.2, 0) is 4.74 Å². The molecular formula is C10H13N3O. The minimum atomic E-state index is -0.167. The van der Waals surface area contributed by atoms with Gasteiger partial charge in [0.1, 0.15) is 0 Å². The van der Waals surface area contributed by atoms with Crippen LogP contribution in [0.3, 0.4) is 0 Å². The van der Waals surface area contributed by atoms with Gasteiger partial charge in [-0.3, -0.25) is 4.98 Å². The van der Waals surface area contributed by atoms with Crippen LogP contribution in [0.1, 0.15) is 11.7 Å². The SMILES string of the molecule is COCC(N)c1nccc2[nH]ccc12. The maximum Gasteiger partial charge on any atom is 0.0714 e. The molecule has 2 rings (SSSR count). The van der Waals surface area contributed by atoms with Gasteiger partial charge in [-0.2, -0.15) is 0 Å². The van der Waals surface area contributed by atoms with E-state index in [2.05, 4.69) is 9.97 Å². The van der Waals surface area contributed by atoms with Gasteiger partial charge in [0.25, 0.3) is 0 Å². The topological polar surface area (TPSA) is 63.9 Å². The van der Waals surface area contributed by atoms with Gasteiger partial charge in [-0.05, 0) is 12.1 Å². The van der Waals surface area contributed by atoms with Gasteiger partial charge in [0.2, 0.25) is 0 Å². The van der Waals surface area contributed by atoms with Crippen LogP contribution >= 0.6 is 0 Å². The largest absolute Gasteiger partial charge is 0.383 e. The van der Waals surface area contributed by atoms with E-state index in [1.807, 2.05) is 18.3 Å². The first-order valence-electron chi connectivity index (χ1n) is 4.49. The minimum Gasteiger partial charge on any atom is -0.383 e. The van der Waals surface area contributed by atoms with E-state index in [1.54, 1.807) is 13.3 Å². The van der Waals surface area contributed by atoms with Crippen LogP contribution in [0.2, 0.25) is 0 Å². The summed E-state index contributed by atoms with van der Waals surface area (Å²) in [5.74, 6) is 0. The standard InChI is InChI=1S/C10H13N3O/c1-14-6-8(11)10-7-2-4-12-9(7)3-5-13-10/h2-5,8,12H,6,11H2,1H3. The Morgan fingerprint density at radius 2 is 2.43 bits per heavy atom. The molecule has 0 aliphatic carbocycles. The Labute approximate surface area is 82.1 Å². The number of nitrogens with zero attached hydrogens (tertiary/aromatic N) is 1. The van der Waals surface area contributed by atoms with Crippen molar-refractivity contribution in [3.05, 3.63) is 30.2 Å². The van der Waals surface area contributed by atoms with Crippen LogP contribution in [0.5, 0.6) is 0 Å². The van der Waals surface area contributed by atoms with Crippen LogP contribution < -0.4 is 5.73 Å². The molecule has 0 aliphatic rings. The van der Waals surface area contributed by atoms with Crippen molar-refractivity contribution < 1.29 is 4.74 Å². The van der Waals surface area contributed by atoms with Crippen LogP contribution in [0.4, 0.5) is 0 Å². The van der Waals surface area contributed by atoms with E-state index >= 15 is 0 Å². The predicted molar refractivity (Wildman–Crippen MR) is 54.9 cm³/mol. The molecule has 0 fully saturated rings. The van der Waals surface area contributed by atoms with E-state index in [1.165, 1.54) is 0 Å². The molecule has 4 heteroatoms. The van der Waals surface area contributed by atoms with Crippen molar-refractivity contribution in [3.8, 4) is 0 Å². The summed E-state index contributed by atoms with van der Waals surface area (Å²) in [5.41, 5.74) is 7.87. The Balaban J connectivity index is 2.45. The number of fused-ring (bicyclic) bond motifs is 1. The molecule has 2 aromatic heterocycles. The average Bonchev–Trinajstić information content (AvgIpc) is 2.65. The number of hydrogen-bond acceptors (Lipinski definition) is 3. The lowest BCUT2D eigenvalue weighted by Crippen LogP contribution is -2.17. The van der Waals surface area contributed by atoms with Crippen molar-refractivity contribution in [2.24, 2.45) is 5.73 Å². The quantitative estimate of drug-likeness (QED) is 0.766. The Kier molecular flexibility index (Phi) is 2.47. The zero-order chi connectivity index (χ0) is 9.97. The van der Waals surface area contributed by atoms with Crippen LogP contribution in [0.25, 0.3) is 10.9 Å².